The second-order valence-corrected chi connectivity index (χ2v) is 5.44. The number of hydrogen-bond donors (Lipinski definition) is 2. The Morgan fingerprint density at radius 3 is 2.75 bits per heavy atom. The molecule has 0 atom stereocenters. The van der Waals surface area contributed by atoms with E-state index in [2.05, 4.69) is 27.2 Å². The smallest absolute Gasteiger partial charge is 0.358 e. The molecule has 0 aliphatic carbocycles. The number of pyridine rings is 1. The number of halogens is 1. The summed E-state index contributed by atoms with van der Waals surface area (Å²) in [4.78, 5) is 35.4. The Balaban J connectivity index is 2.22. The van der Waals surface area contributed by atoms with E-state index in [1.807, 2.05) is 0 Å². The molecule has 0 aliphatic rings. The molecule has 2 rings (SSSR count). The Morgan fingerprint density at radius 2 is 2.12 bits per heavy atom. The van der Waals surface area contributed by atoms with E-state index in [1.165, 1.54) is 12.3 Å². The van der Waals surface area contributed by atoms with Gasteiger partial charge in [0.15, 0.2) is 11.5 Å². The van der Waals surface area contributed by atoms with Crippen molar-refractivity contribution in [3.63, 3.8) is 0 Å². The van der Waals surface area contributed by atoms with Gasteiger partial charge in [-0.2, -0.15) is 0 Å². The molecule has 7 nitrogen and oxygen atoms in total. The molecule has 128 valence electrons. The number of H-pyrrole nitrogens is 1. The predicted molar refractivity (Wildman–Crippen MR) is 90.4 cm³/mol. The number of anilines is 1. The maximum absolute atomic E-state index is 12.3. The zero-order valence-corrected chi connectivity index (χ0v) is 14.3. The van der Waals surface area contributed by atoms with Gasteiger partial charge >= 0.3 is 5.97 Å². The van der Waals surface area contributed by atoms with Crippen LogP contribution in [0.15, 0.2) is 18.3 Å². The van der Waals surface area contributed by atoms with Crippen molar-refractivity contribution in [2.24, 2.45) is 0 Å². The number of carbonyl (C=O) groups is 2. The van der Waals surface area contributed by atoms with Crippen molar-refractivity contribution in [1.29, 1.82) is 0 Å². The Labute approximate surface area is 144 Å². The van der Waals surface area contributed by atoms with Crippen LogP contribution in [0.2, 0.25) is 5.15 Å². The molecule has 0 fully saturated rings. The van der Waals surface area contributed by atoms with E-state index >= 15 is 0 Å². The van der Waals surface area contributed by atoms with E-state index in [1.54, 1.807) is 13.0 Å². The average molecular weight is 351 g/mol. The number of imidazole rings is 1. The fraction of sp³-hybridized carbons (Fsp3) is 0.375. The summed E-state index contributed by atoms with van der Waals surface area (Å²) in [6, 6.07) is 3.05. The maximum atomic E-state index is 12.3. The van der Waals surface area contributed by atoms with Crippen LogP contribution >= 0.6 is 11.6 Å². The molecule has 2 aromatic rings. The number of unbranched alkanes of at least 4 members (excludes halogenated alkanes) is 1. The molecule has 0 saturated carbocycles. The molecule has 1 amide bonds. The fourth-order valence-corrected chi connectivity index (χ4v) is 2.13. The number of rotatable bonds is 7. The average Bonchev–Trinajstić information content (AvgIpc) is 2.96. The molecule has 24 heavy (non-hydrogen) atoms. The zero-order valence-electron chi connectivity index (χ0n) is 13.6. The number of nitrogens with one attached hydrogen (secondary N) is 2. The highest BCUT2D eigenvalue weighted by Crippen LogP contribution is 2.17. The molecule has 2 aromatic heterocycles. The van der Waals surface area contributed by atoms with Crippen LogP contribution in [0.5, 0.6) is 0 Å². The van der Waals surface area contributed by atoms with Gasteiger partial charge in [-0.25, -0.2) is 14.8 Å². The van der Waals surface area contributed by atoms with Crippen LogP contribution in [0.4, 0.5) is 5.82 Å². The van der Waals surface area contributed by atoms with Gasteiger partial charge in [-0.15, -0.1) is 0 Å². The van der Waals surface area contributed by atoms with Crippen LogP contribution in [0.3, 0.4) is 0 Å². The van der Waals surface area contributed by atoms with Gasteiger partial charge in [-0.3, -0.25) is 4.79 Å². The van der Waals surface area contributed by atoms with Crippen molar-refractivity contribution in [2.75, 3.05) is 11.9 Å². The molecule has 2 heterocycles. The molecule has 0 aliphatic heterocycles. The van der Waals surface area contributed by atoms with Crippen LogP contribution in [-0.2, 0) is 11.2 Å². The molecule has 8 heteroatoms. The molecular weight excluding hydrogens is 332 g/mol. The minimum atomic E-state index is -0.558. The van der Waals surface area contributed by atoms with Crippen LogP contribution < -0.4 is 5.32 Å². The number of ether oxygens (including phenoxy) is 1. The Morgan fingerprint density at radius 1 is 1.33 bits per heavy atom. The number of esters is 1. The number of aryl methyl sites for hydroxylation is 1. The molecule has 0 saturated heterocycles. The minimum absolute atomic E-state index is 0.137. The second-order valence-electron chi connectivity index (χ2n) is 5.05. The largest absolute Gasteiger partial charge is 0.461 e. The first-order valence-electron chi connectivity index (χ1n) is 7.74. The van der Waals surface area contributed by atoms with Crippen molar-refractivity contribution in [3.8, 4) is 0 Å². The first-order chi connectivity index (χ1) is 11.5. The van der Waals surface area contributed by atoms with Gasteiger partial charge in [0.1, 0.15) is 11.0 Å². The highest BCUT2D eigenvalue weighted by atomic mass is 35.5. The van der Waals surface area contributed by atoms with Crippen molar-refractivity contribution >= 4 is 29.3 Å². The van der Waals surface area contributed by atoms with Gasteiger partial charge in [0.05, 0.1) is 12.2 Å². The predicted octanol–water partition coefficient (Wildman–Crippen LogP) is 3.23. The molecule has 0 unspecified atom stereocenters. The van der Waals surface area contributed by atoms with Crippen molar-refractivity contribution < 1.29 is 14.3 Å². The summed E-state index contributed by atoms with van der Waals surface area (Å²) in [5.74, 6) is -0.209. The second kappa shape index (κ2) is 8.44. The Kier molecular flexibility index (Phi) is 6.31. The van der Waals surface area contributed by atoms with Crippen LogP contribution in [0.1, 0.15) is 53.4 Å². The lowest BCUT2D eigenvalue weighted by Gasteiger charge is -2.05. The van der Waals surface area contributed by atoms with E-state index in [0.717, 1.165) is 12.8 Å². The number of aromatic amines is 1. The maximum Gasteiger partial charge on any atom is 0.358 e. The van der Waals surface area contributed by atoms with E-state index in [-0.39, 0.29) is 18.1 Å². The van der Waals surface area contributed by atoms with Crippen LogP contribution in [-0.4, -0.2) is 33.4 Å². The summed E-state index contributed by atoms with van der Waals surface area (Å²) in [5, 5.41) is 2.91. The normalized spacial score (nSPS) is 10.5. The number of aromatic nitrogens is 3. The first kappa shape index (κ1) is 17.9. The third-order valence-electron chi connectivity index (χ3n) is 3.22. The summed E-state index contributed by atoms with van der Waals surface area (Å²) in [5.41, 5.74) is 0.450. The molecular formula is C16H19ClN4O3. The van der Waals surface area contributed by atoms with Crippen molar-refractivity contribution in [2.45, 2.75) is 33.1 Å². The topological polar surface area (TPSA) is 97.0 Å². The Bertz CT molecular complexity index is 713. The summed E-state index contributed by atoms with van der Waals surface area (Å²) in [6.45, 7) is 4.01. The van der Waals surface area contributed by atoms with Crippen LogP contribution in [0, 0.1) is 0 Å². The van der Waals surface area contributed by atoms with Crippen molar-refractivity contribution in [1.82, 2.24) is 15.0 Å². The number of carbonyl (C=O) groups excluding carboxylic acids is 2. The van der Waals surface area contributed by atoms with E-state index in [9.17, 15) is 9.59 Å². The SMILES string of the molecule is CCCCc1nc(NC(=O)c2ccc(Cl)nc2)c(C(=O)OCC)[nH]1. The molecule has 2 N–H and O–H groups in total. The van der Waals surface area contributed by atoms with E-state index in [4.69, 9.17) is 16.3 Å². The standard InChI is InChI=1S/C16H19ClN4O3/c1-3-5-6-12-19-13(16(23)24-4-2)14(20-12)21-15(22)10-7-8-11(17)18-9-10/h7-9H,3-6H2,1-2H3,(H,19,20)(H,21,22). The quantitative estimate of drug-likeness (QED) is 0.590. The molecule has 0 radical (unpaired) electrons. The van der Waals surface area contributed by atoms with Gasteiger partial charge in [-0.1, -0.05) is 24.9 Å². The lowest BCUT2D eigenvalue weighted by molar-refractivity contribution is 0.0521. The Hall–Kier alpha value is -2.41. The van der Waals surface area contributed by atoms with Gasteiger partial charge in [-0.05, 0) is 25.5 Å². The number of nitrogens with zero attached hydrogens (tertiary/aromatic N) is 2. The summed E-state index contributed by atoms with van der Waals surface area (Å²) in [6.07, 6.45) is 3.95. The highest BCUT2D eigenvalue weighted by Gasteiger charge is 2.20. The van der Waals surface area contributed by atoms with Gasteiger partial charge < -0.3 is 15.0 Å². The van der Waals surface area contributed by atoms with Gasteiger partial charge in [0.2, 0.25) is 0 Å². The fourth-order valence-electron chi connectivity index (χ4n) is 2.02. The first-order valence-corrected chi connectivity index (χ1v) is 8.11. The third kappa shape index (κ3) is 4.55. The van der Waals surface area contributed by atoms with Gasteiger partial charge in [0.25, 0.3) is 5.91 Å². The highest BCUT2D eigenvalue weighted by molar-refractivity contribution is 6.29. The van der Waals surface area contributed by atoms with E-state index < -0.39 is 11.9 Å². The van der Waals surface area contributed by atoms with Gasteiger partial charge in [0, 0.05) is 12.6 Å². The molecule has 0 spiro atoms. The number of amides is 1. The number of hydrogen-bond acceptors (Lipinski definition) is 5. The monoisotopic (exact) mass is 350 g/mol. The third-order valence-corrected chi connectivity index (χ3v) is 3.44. The summed E-state index contributed by atoms with van der Waals surface area (Å²) >= 11 is 5.71. The minimum Gasteiger partial charge on any atom is -0.461 e. The molecule has 0 bridgehead atoms. The lowest BCUT2D eigenvalue weighted by atomic mass is 10.2. The summed E-state index contributed by atoms with van der Waals surface area (Å²) in [7, 11) is 0. The van der Waals surface area contributed by atoms with Crippen LogP contribution in [0.25, 0.3) is 0 Å². The van der Waals surface area contributed by atoms with Crippen molar-refractivity contribution in [3.05, 3.63) is 40.6 Å². The summed E-state index contributed by atoms with van der Waals surface area (Å²) < 4.78 is 5.00. The van der Waals surface area contributed by atoms with E-state index in [0.29, 0.717) is 23.0 Å². The molecule has 0 aromatic carbocycles. The lowest BCUT2D eigenvalue weighted by Crippen LogP contribution is -2.16. The zero-order chi connectivity index (χ0) is 17.5.